The number of hydrogen-bond donors (Lipinski definition) is 1. The maximum absolute atomic E-state index is 12.8. The van der Waals surface area contributed by atoms with E-state index in [4.69, 9.17) is 17.3 Å². The normalized spacial score (nSPS) is 23.6. The summed E-state index contributed by atoms with van der Waals surface area (Å²) in [5, 5.41) is 0.634. The van der Waals surface area contributed by atoms with Gasteiger partial charge in [0.05, 0.1) is 5.41 Å². The topological polar surface area (TPSA) is 63.4 Å². The SMILES string of the molecule is NC(=O)[C@@H]1CCCN1C(=O)C1(c2cccc(Cl)c2)CC1. The average Bonchev–Trinajstić information content (AvgIpc) is 3.08. The molecule has 0 unspecified atom stereocenters. The van der Waals surface area contributed by atoms with E-state index in [-0.39, 0.29) is 5.91 Å². The molecule has 2 N–H and O–H groups in total. The summed E-state index contributed by atoms with van der Waals surface area (Å²) < 4.78 is 0. The van der Waals surface area contributed by atoms with Gasteiger partial charge in [-0.2, -0.15) is 0 Å². The number of amides is 2. The molecule has 1 saturated carbocycles. The number of carbonyl (C=O) groups excluding carboxylic acids is 2. The number of primary amides is 1. The average molecular weight is 293 g/mol. The van der Waals surface area contributed by atoms with E-state index < -0.39 is 17.4 Å². The summed E-state index contributed by atoms with van der Waals surface area (Å²) in [5.41, 5.74) is 5.86. The quantitative estimate of drug-likeness (QED) is 0.924. The highest BCUT2D eigenvalue weighted by molar-refractivity contribution is 6.30. The molecular formula is C15H17ClN2O2. The molecule has 0 radical (unpaired) electrons. The molecule has 2 amide bonds. The van der Waals surface area contributed by atoms with Crippen LogP contribution in [-0.2, 0) is 15.0 Å². The van der Waals surface area contributed by atoms with Gasteiger partial charge in [0.25, 0.3) is 0 Å². The van der Waals surface area contributed by atoms with Crippen LogP contribution in [0.5, 0.6) is 0 Å². The molecule has 20 heavy (non-hydrogen) atoms. The lowest BCUT2D eigenvalue weighted by atomic mass is 9.94. The minimum absolute atomic E-state index is 0.0288. The second kappa shape index (κ2) is 4.77. The van der Waals surface area contributed by atoms with Crippen molar-refractivity contribution in [2.75, 3.05) is 6.54 Å². The molecule has 0 bridgehead atoms. The number of halogens is 1. The van der Waals surface area contributed by atoms with Gasteiger partial charge in [0.15, 0.2) is 0 Å². The molecule has 5 heteroatoms. The molecule has 106 valence electrons. The van der Waals surface area contributed by atoms with Gasteiger partial charge < -0.3 is 10.6 Å². The zero-order valence-electron chi connectivity index (χ0n) is 11.1. The van der Waals surface area contributed by atoms with Gasteiger partial charge in [-0.25, -0.2) is 0 Å². The maximum Gasteiger partial charge on any atom is 0.240 e. The summed E-state index contributed by atoms with van der Waals surface area (Å²) in [6.07, 6.45) is 3.14. The second-order valence-electron chi connectivity index (χ2n) is 5.65. The molecule has 2 fully saturated rings. The van der Waals surface area contributed by atoms with E-state index in [9.17, 15) is 9.59 Å². The van der Waals surface area contributed by atoms with Crippen molar-refractivity contribution in [3.8, 4) is 0 Å². The Morgan fingerprint density at radius 3 is 2.70 bits per heavy atom. The number of nitrogens with two attached hydrogens (primary N) is 1. The molecule has 1 aliphatic heterocycles. The van der Waals surface area contributed by atoms with Gasteiger partial charge >= 0.3 is 0 Å². The van der Waals surface area contributed by atoms with Crippen molar-refractivity contribution in [1.82, 2.24) is 4.90 Å². The Kier molecular flexibility index (Phi) is 3.21. The lowest BCUT2D eigenvalue weighted by molar-refractivity contribution is -0.139. The largest absolute Gasteiger partial charge is 0.368 e. The highest BCUT2D eigenvalue weighted by Crippen LogP contribution is 2.50. The van der Waals surface area contributed by atoms with Gasteiger partial charge in [0.1, 0.15) is 6.04 Å². The first-order valence-corrected chi connectivity index (χ1v) is 7.29. The summed E-state index contributed by atoms with van der Waals surface area (Å²) >= 11 is 6.02. The number of rotatable bonds is 3. The molecule has 2 aliphatic rings. The molecule has 1 saturated heterocycles. The van der Waals surface area contributed by atoms with Crippen LogP contribution in [0.15, 0.2) is 24.3 Å². The highest BCUT2D eigenvalue weighted by atomic mass is 35.5. The lowest BCUT2D eigenvalue weighted by Crippen LogP contribution is -2.47. The zero-order valence-corrected chi connectivity index (χ0v) is 11.9. The number of nitrogens with zero attached hydrogens (tertiary/aromatic N) is 1. The third kappa shape index (κ3) is 2.08. The number of hydrogen-bond acceptors (Lipinski definition) is 2. The first-order valence-electron chi connectivity index (χ1n) is 6.91. The van der Waals surface area contributed by atoms with Crippen LogP contribution >= 0.6 is 11.6 Å². The Labute approximate surface area is 122 Å². The Hall–Kier alpha value is -1.55. The van der Waals surface area contributed by atoms with Gasteiger partial charge in [-0.1, -0.05) is 23.7 Å². The highest BCUT2D eigenvalue weighted by Gasteiger charge is 2.54. The van der Waals surface area contributed by atoms with Crippen molar-refractivity contribution in [2.24, 2.45) is 5.73 Å². The van der Waals surface area contributed by atoms with E-state index in [0.29, 0.717) is 18.0 Å². The Balaban J connectivity index is 1.88. The molecule has 1 aromatic carbocycles. The number of carbonyl (C=O) groups is 2. The van der Waals surface area contributed by atoms with Gasteiger partial charge in [0.2, 0.25) is 11.8 Å². The maximum atomic E-state index is 12.8. The third-order valence-corrected chi connectivity index (χ3v) is 4.61. The second-order valence-corrected chi connectivity index (χ2v) is 6.09. The van der Waals surface area contributed by atoms with Crippen LogP contribution in [0.25, 0.3) is 0 Å². The molecular weight excluding hydrogens is 276 g/mol. The molecule has 3 rings (SSSR count). The summed E-state index contributed by atoms with van der Waals surface area (Å²) in [6.45, 7) is 0.620. The first-order chi connectivity index (χ1) is 9.54. The van der Waals surface area contributed by atoms with Gasteiger partial charge in [-0.05, 0) is 43.4 Å². The minimum atomic E-state index is -0.483. The fourth-order valence-corrected chi connectivity index (χ4v) is 3.31. The summed E-state index contributed by atoms with van der Waals surface area (Å²) in [5.74, 6) is -0.376. The van der Waals surface area contributed by atoms with Crippen LogP contribution < -0.4 is 5.73 Å². The molecule has 1 aliphatic carbocycles. The molecule has 0 spiro atoms. The van der Waals surface area contributed by atoms with Crippen molar-refractivity contribution >= 4 is 23.4 Å². The van der Waals surface area contributed by atoms with E-state index in [1.807, 2.05) is 18.2 Å². The van der Waals surface area contributed by atoms with E-state index in [1.165, 1.54) is 0 Å². The van der Waals surface area contributed by atoms with E-state index >= 15 is 0 Å². The molecule has 4 nitrogen and oxygen atoms in total. The van der Waals surface area contributed by atoms with Crippen molar-refractivity contribution in [3.05, 3.63) is 34.9 Å². The monoisotopic (exact) mass is 292 g/mol. The van der Waals surface area contributed by atoms with E-state index in [2.05, 4.69) is 0 Å². The predicted octanol–water partition coefficient (Wildman–Crippen LogP) is 1.85. The minimum Gasteiger partial charge on any atom is -0.368 e. The number of likely N-dealkylation sites (tertiary alicyclic amines) is 1. The van der Waals surface area contributed by atoms with Crippen LogP contribution in [-0.4, -0.2) is 29.3 Å². The van der Waals surface area contributed by atoms with E-state index in [1.54, 1.807) is 11.0 Å². The lowest BCUT2D eigenvalue weighted by Gasteiger charge is -2.27. The van der Waals surface area contributed by atoms with Gasteiger partial charge in [-0.3, -0.25) is 9.59 Å². The predicted molar refractivity (Wildman–Crippen MR) is 76.3 cm³/mol. The van der Waals surface area contributed by atoms with Crippen LogP contribution in [0.1, 0.15) is 31.2 Å². The molecule has 1 atom stereocenters. The fraction of sp³-hybridized carbons (Fsp3) is 0.467. The van der Waals surface area contributed by atoms with Crippen LogP contribution in [0.4, 0.5) is 0 Å². The van der Waals surface area contributed by atoms with Crippen LogP contribution in [0, 0.1) is 0 Å². The van der Waals surface area contributed by atoms with Crippen molar-refractivity contribution in [2.45, 2.75) is 37.1 Å². The van der Waals surface area contributed by atoms with Crippen molar-refractivity contribution in [1.29, 1.82) is 0 Å². The summed E-state index contributed by atoms with van der Waals surface area (Å²) in [7, 11) is 0. The Morgan fingerprint density at radius 1 is 1.35 bits per heavy atom. The third-order valence-electron chi connectivity index (χ3n) is 4.38. The molecule has 1 aromatic rings. The van der Waals surface area contributed by atoms with Gasteiger partial charge in [0, 0.05) is 11.6 Å². The summed E-state index contributed by atoms with van der Waals surface area (Å²) in [6, 6.07) is 7.00. The van der Waals surface area contributed by atoms with Crippen LogP contribution in [0.3, 0.4) is 0 Å². The van der Waals surface area contributed by atoms with Crippen LogP contribution in [0.2, 0.25) is 5.02 Å². The van der Waals surface area contributed by atoms with E-state index in [0.717, 1.165) is 24.8 Å². The first kappa shape index (κ1) is 13.4. The Bertz CT molecular complexity index is 569. The Morgan fingerprint density at radius 2 is 2.10 bits per heavy atom. The van der Waals surface area contributed by atoms with Crippen molar-refractivity contribution in [3.63, 3.8) is 0 Å². The standard InChI is InChI=1S/C15H17ClN2O2/c16-11-4-1-3-10(9-11)15(6-7-15)14(20)18-8-2-5-12(18)13(17)19/h1,3-4,9,12H,2,5-8H2,(H2,17,19)/t12-/m0/s1. The molecule has 1 heterocycles. The fourth-order valence-electron chi connectivity index (χ4n) is 3.12. The molecule has 0 aromatic heterocycles. The van der Waals surface area contributed by atoms with Gasteiger partial charge in [-0.15, -0.1) is 0 Å². The summed E-state index contributed by atoms with van der Waals surface area (Å²) in [4.78, 5) is 26.0. The van der Waals surface area contributed by atoms with Crippen molar-refractivity contribution < 1.29 is 9.59 Å². The smallest absolute Gasteiger partial charge is 0.240 e. The zero-order chi connectivity index (χ0) is 14.3. The number of benzene rings is 1.